The van der Waals surface area contributed by atoms with E-state index in [2.05, 4.69) is 21.6 Å². The van der Waals surface area contributed by atoms with Gasteiger partial charge in [0.1, 0.15) is 11.6 Å². The first kappa shape index (κ1) is 18.1. The number of aromatic amines is 1. The second-order valence-corrected chi connectivity index (χ2v) is 7.27. The molecule has 4 rings (SSSR count). The van der Waals surface area contributed by atoms with Crippen LogP contribution in [0.2, 0.25) is 0 Å². The number of para-hydroxylation sites is 1. The fourth-order valence-electron chi connectivity index (χ4n) is 3.73. The van der Waals surface area contributed by atoms with Crippen molar-refractivity contribution in [3.63, 3.8) is 0 Å². The van der Waals surface area contributed by atoms with Crippen molar-refractivity contribution in [3.05, 3.63) is 71.4 Å². The lowest BCUT2D eigenvalue weighted by atomic mass is 9.70. The fraction of sp³-hybridized carbons (Fsp3) is 0.273. The summed E-state index contributed by atoms with van der Waals surface area (Å²) in [5.74, 6) is 2.21. The van der Waals surface area contributed by atoms with Crippen LogP contribution >= 0.6 is 0 Å². The molecule has 6 nitrogen and oxygen atoms in total. The second kappa shape index (κ2) is 7.76. The lowest BCUT2D eigenvalue weighted by molar-refractivity contribution is -0.115. The number of nitrogen functional groups attached to an aromatic ring is 1. The number of amides is 1. The van der Waals surface area contributed by atoms with Gasteiger partial charge < -0.3 is 15.8 Å². The third-order valence-corrected chi connectivity index (χ3v) is 5.39. The molecule has 0 bridgehead atoms. The van der Waals surface area contributed by atoms with Gasteiger partial charge in [0.25, 0.3) is 0 Å². The second-order valence-electron chi connectivity index (χ2n) is 7.27. The molecule has 1 amide bonds. The number of nitrogens with one attached hydrogen (secondary N) is 2. The van der Waals surface area contributed by atoms with Crippen LogP contribution < -0.4 is 15.8 Å². The van der Waals surface area contributed by atoms with Gasteiger partial charge in [-0.05, 0) is 48.1 Å². The molecule has 0 spiro atoms. The molecule has 0 atom stereocenters. The van der Waals surface area contributed by atoms with Gasteiger partial charge in [-0.1, -0.05) is 30.3 Å². The van der Waals surface area contributed by atoms with E-state index in [-0.39, 0.29) is 5.91 Å². The van der Waals surface area contributed by atoms with Crippen LogP contribution in [0.1, 0.15) is 41.5 Å². The van der Waals surface area contributed by atoms with Gasteiger partial charge in [-0.15, -0.1) is 0 Å². The van der Waals surface area contributed by atoms with E-state index in [0.29, 0.717) is 24.1 Å². The fourth-order valence-corrected chi connectivity index (χ4v) is 3.73. The van der Waals surface area contributed by atoms with E-state index in [1.165, 1.54) is 5.56 Å². The number of carbonyl (C=O) groups excluding carboxylic acids is 1. The third kappa shape index (κ3) is 3.86. The number of nitrogens with two attached hydrogens (primary N) is 1. The molecule has 1 heterocycles. The lowest BCUT2D eigenvalue weighted by Crippen LogP contribution is -2.21. The summed E-state index contributed by atoms with van der Waals surface area (Å²) in [5, 5.41) is 10.2. The molecule has 28 heavy (non-hydrogen) atoms. The number of anilines is 2. The van der Waals surface area contributed by atoms with E-state index in [1.54, 1.807) is 7.11 Å². The Bertz CT molecular complexity index is 959. The number of H-pyrrole nitrogens is 1. The number of methoxy groups -OCH3 is 1. The maximum atomic E-state index is 12.3. The number of rotatable bonds is 6. The molecule has 2 aromatic carbocycles. The van der Waals surface area contributed by atoms with Crippen molar-refractivity contribution in [2.24, 2.45) is 0 Å². The topological polar surface area (TPSA) is 93.0 Å². The van der Waals surface area contributed by atoms with E-state index in [1.807, 2.05) is 48.5 Å². The van der Waals surface area contributed by atoms with Crippen LogP contribution in [-0.4, -0.2) is 23.2 Å². The Morgan fingerprint density at radius 3 is 2.64 bits per heavy atom. The summed E-state index contributed by atoms with van der Waals surface area (Å²) >= 11 is 0. The highest BCUT2D eigenvalue weighted by molar-refractivity contribution is 5.91. The van der Waals surface area contributed by atoms with Gasteiger partial charge in [0, 0.05) is 17.7 Å². The summed E-state index contributed by atoms with van der Waals surface area (Å²) in [6.45, 7) is 0. The van der Waals surface area contributed by atoms with E-state index in [0.717, 1.165) is 35.5 Å². The molecular weight excluding hydrogens is 352 g/mol. The number of hydrogen-bond donors (Lipinski definition) is 3. The first-order valence-corrected chi connectivity index (χ1v) is 9.45. The van der Waals surface area contributed by atoms with E-state index in [4.69, 9.17) is 10.5 Å². The molecule has 0 saturated heterocycles. The minimum atomic E-state index is -0.0797. The summed E-state index contributed by atoms with van der Waals surface area (Å²) in [6, 6.07) is 17.5. The highest BCUT2D eigenvalue weighted by Crippen LogP contribution is 2.48. The first-order valence-electron chi connectivity index (χ1n) is 9.45. The summed E-state index contributed by atoms with van der Waals surface area (Å²) in [4.78, 5) is 12.3. The van der Waals surface area contributed by atoms with Gasteiger partial charge >= 0.3 is 0 Å². The average Bonchev–Trinajstić information content (AvgIpc) is 3.10. The van der Waals surface area contributed by atoms with Crippen LogP contribution in [0, 0.1) is 0 Å². The number of carbonyl (C=O) groups is 1. The summed E-state index contributed by atoms with van der Waals surface area (Å²) < 4.78 is 5.13. The van der Waals surface area contributed by atoms with E-state index >= 15 is 0 Å². The molecule has 0 radical (unpaired) electrons. The van der Waals surface area contributed by atoms with Crippen molar-refractivity contribution in [1.82, 2.24) is 10.2 Å². The molecule has 144 valence electrons. The first-order chi connectivity index (χ1) is 13.6. The molecule has 1 fully saturated rings. The molecule has 1 saturated carbocycles. The Hall–Kier alpha value is -3.28. The van der Waals surface area contributed by atoms with Crippen molar-refractivity contribution >= 4 is 17.4 Å². The minimum absolute atomic E-state index is 0.0797. The number of hydrogen-bond acceptors (Lipinski definition) is 4. The zero-order valence-electron chi connectivity index (χ0n) is 15.8. The number of benzene rings is 2. The van der Waals surface area contributed by atoms with Crippen LogP contribution in [0.3, 0.4) is 0 Å². The van der Waals surface area contributed by atoms with Gasteiger partial charge in [-0.3, -0.25) is 9.89 Å². The van der Waals surface area contributed by atoms with Crippen molar-refractivity contribution < 1.29 is 9.53 Å². The molecule has 1 aromatic heterocycles. The van der Waals surface area contributed by atoms with Crippen molar-refractivity contribution in [1.29, 1.82) is 0 Å². The quantitative estimate of drug-likeness (QED) is 0.570. The van der Waals surface area contributed by atoms with Gasteiger partial charge in [0.15, 0.2) is 0 Å². The molecule has 1 aliphatic carbocycles. The predicted octanol–water partition coefficient (Wildman–Crippen LogP) is 3.84. The van der Waals surface area contributed by atoms with Crippen molar-refractivity contribution in [2.75, 3.05) is 18.2 Å². The number of ether oxygens (including phenoxy) is 1. The monoisotopic (exact) mass is 376 g/mol. The SMILES string of the molecule is COc1ccc(CC(=O)Nc2cc(C3CC(c4ccccc4N)C3)n[nH]2)cc1. The molecule has 4 N–H and O–H groups in total. The van der Waals surface area contributed by atoms with Crippen molar-refractivity contribution in [2.45, 2.75) is 31.1 Å². The number of aromatic nitrogens is 2. The molecular formula is C22H24N4O2. The lowest BCUT2D eigenvalue weighted by Gasteiger charge is -2.35. The summed E-state index contributed by atoms with van der Waals surface area (Å²) in [7, 11) is 1.62. The highest BCUT2D eigenvalue weighted by Gasteiger charge is 2.33. The van der Waals surface area contributed by atoms with Crippen LogP contribution in [-0.2, 0) is 11.2 Å². The molecule has 3 aromatic rings. The zero-order chi connectivity index (χ0) is 19.5. The number of nitrogens with zero attached hydrogens (tertiary/aromatic N) is 1. The minimum Gasteiger partial charge on any atom is -0.497 e. The molecule has 6 heteroatoms. The Balaban J connectivity index is 1.31. The van der Waals surface area contributed by atoms with Crippen LogP contribution in [0.25, 0.3) is 0 Å². The molecule has 1 aliphatic rings. The summed E-state index contributed by atoms with van der Waals surface area (Å²) in [6.07, 6.45) is 2.35. The highest BCUT2D eigenvalue weighted by atomic mass is 16.5. The standard InChI is InChI=1S/C22H24N4O2/c1-28-17-8-6-14(7-9-17)10-22(27)24-21-13-20(25-26-21)16-11-15(12-16)18-4-2-3-5-19(18)23/h2-9,13,15-16H,10-12,23H2,1H3,(H2,24,25,26,27). The maximum Gasteiger partial charge on any atom is 0.229 e. The zero-order valence-corrected chi connectivity index (χ0v) is 15.8. The van der Waals surface area contributed by atoms with Gasteiger partial charge in [-0.2, -0.15) is 5.10 Å². The maximum absolute atomic E-state index is 12.3. The Morgan fingerprint density at radius 1 is 1.18 bits per heavy atom. The van der Waals surface area contributed by atoms with Crippen LogP contribution in [0.15, 0.2) is 54.6 Å². The van der Waals surface area contributed by atoms with E-state index < -0.39 is 0 Å². The Morgan fingerprint density at radius 2 is 1.93 bits per heavy atom. The normalized spacial score (nSPS) is 18.3. The average molecular weight is 376 g/mol. The molecule has 0 aliphatic heterocycles. The van der Waals surface area contributed by atoms with Crippen LogP contribution in [0.4, 0.5) is 11.5 Å². The predicted molar refractivity (Wildman–Crippen MR) is 109 cm³/mol. The van der Waals surface area contributed by atoms with Crippen molar-refractivity contribution in [3.8, 4) is 5.75 Å². The van der Waals surface area contributed by atoms with E-state index in [9.17, 15) is 4.79 Å². The van der Waals surface area contributed by atoms with Crippen LogP contribution in [0.5, 0.6) is 5.75 Å². The summed E-state index contributed by atoms with van der Waals surface area (Å²) in [5.41, 5.74) is 10.1. The Labute approximate surface area is 164 Å². The third-order valence-electron chi connectivity index (χ3n) is 5.39. The van der Waals surface area contributed by atoms with Gasteiger partial charge in [-0.25, -0.2) is 0 Å². The van der Waals surface area contributed by atoms with Gasteiger partial charge in [0.2, 0.25) is 5.91 Å². The Kier molecular flexibility index (Phi) is 5.02. The smallest absolute Gasteiger partial charge is 0.229 e. The largest absolute Gasteiger partial charge is 0.497 e. The molecule has 0 unspecified atom stereocenters. The van der Waals surface area contributed by atoms with Gasteiger partial charge in [0.05, 0.1) is 19.2 Å².